The van der Waals surface area contributed by atoms with Crippen molar-refractivity contribution in [2.45, 2.75) is 17.9 Å². The lowest BCUT2D eigenvalue weighted by atomic mass is 10.2. The van der Waals surface area contributed by atoms with E-state index in [0.29, 0.717) is 0 Å². The van der Waals surface area contributed by atoms with Crippen LogP contribution in [0.25, 0.3) is 0 Å². The summed E-state index contributed by atoms with van der Waals surface area (Å²) in [4.78, 5) is 27.4. The largest absolute Gasteiger partial charge is 0.391 e. The number of anilines is 2. The molecule has 1 heterocycles. The number of hydrogen-bond donors (Lipinski definition) is 4. The highest BCUT2D eigenvalue weighted by atomic mass is 35.5. The van der Waals surface area contributed by atoms with Crippen molar-refractivity contribution < 1.29 is 19.0 Å². The monoisotopic (exact) mass is 415 g/mol. The van der Waals surface area contributed by atoms with Gasteiger partial charge in [-0.1, -0.05) is 11.6 Å². The minimum absolute atomic E-state index is 0.00627. The van der Waals surface area contributed by atoms with Crippen LogP contribution >= 0.6 is 23.4 Å². The molecule has 0 spiro atoms. The molecule has 1 aromatic carbocycles. The Morgan fingerprint density at radius 3 is 2.81 bits per heavy atom. The average molecular weight is 416 g/mol. The summed E-state index contributed by atoms with van der Waals surface area (Å²) < 4.78 is 19.3. The molecule has 146 valence electrons. The van der Waals surface area contributed by atoms with E-state index in [4.69, 9.17) is 21.4 Å². The maximum atomic E-state index is 14.2. The van der Waals surface area contributed by atoms with Crippen LogP contribution in [0.2, 0.25) is 5.02 Å². The summed E-state index contributed by atoms with van der Waals surface area (Å²) in [5.41, 5.74) is -0.527. The molecule has 7 nitrogen and oxygen atoms in total. The standard InChI is InChI=1S/C17H19ClFN3O4S/c1-9(23)7-26-8-20-16(24)11-6-12(18)17(25)22-15(11)21-14-4-3-10(27-2)5-13(14)19/h3-6,9,23H,7-8H2,1-2H3,(H,20,24)(H2,21,22,25). The molecule has 0 aliphatic carbocycles. The minimum Gasteiger partial charge on any atom is -0.391 e. The van der Waals surface area contributed by atoms with Crippen LogP contribution in [0.3, 0.4) is 0 Å². The van der Waals surface area contributed by atoms with Crippen LogP contribution < -0.4 is 16.2 Å². The van der Waals surface area contributed by atoms with Gasteiger partial charge in [-0.25, -0.2) is 4.39 Å². The van der Waals surface area contributed by atoms with Crippen molar-refractivity contribution in [3.63, 3.8) is 0 Å². The van der Waals surface area contributed by atoms with Crippen LogP contribution in [0.4, 0.5) is 15.9 Å². The van der Waals surface area contributed by atoms with Crippen molar-refractivity contribution in [2.75, 3.05) is 24.9 Å². The van der Waals surface area contributed by atoms with Crippen molar-refractivity contribution in [1.29, 1.82) is 0 Å². The van der Waals surface area contributed by atoms with Gasteiger partial charge in [-0.2, -0.15) is 0 Å². The van der Waals surface area contributed by atoms with Gasteiger partial charge in [0, 0.05) is 4.90 Å². The van der Waals surface area contributed by atoms with Crippen LogP contribution in [-0.4, -0.2) is 41.7 Å². The number of H-pyrrole nitrogens is 1. The van der Waals surface area contributed by atoms with Crippen molar-refractivity contribution in [3.05, 3.63) is 51.0 Å². The summed E-state index contributed by atoms with van der Waals surface area (Å²) in [5.74, 6) is -1.14. The predicted octanol–water partition coefficient (Wildman–Crippen LogP) is 2.72. The number of amides is 1. The predicted molar refractivity (Wildman–Crippen MR) is 104 cm³/mol. The molecule has 0 saturated carbocycles. The smallest absolute Gasteiger partial charge is 0.268 e. The summed E-state index contributed by atoms with van der Waals surface area (Å²) in [6, 6.07) is 5.72. The number of ether oxygens (including phenoxy) is 1. The lowest BCUT2D eigenvalue weighted by molar-refractivity contribution is 0.0356. The first kappa shape index (κ1) is 21.2. The maximum Gasteiger partial charge on any atom is 0.268 e. The van der Waals surface area contributed by atoms with Gasteiger partial charge in [0.1, 0.15) is 23.4 Å². The average Bonchev–Trinajstić information content (AvgIpc) is 2.62. The summed E-state index contributed by atoms with van der Waals surface area (Å²) in [7, 11) is 0. The van der Waals surface area contributed by atoms with E-state index in [-0.39, 0.29) is 35.4 Å². The second-order valence-electron chi connectivity index (χ2n) is 5.58. The fraction of sp³-hybridized carbons (Fsp3) is 0.294. The number of benzene rings is 1. The highest BCUT2D eigenvalue weighted by Gasteiger charge is 2.16. The molecule has 0 saturated heterocycles. The number of aromatic amines is 1. The molecule has 0 radical (unpaired) electrons. The molecule has 1 atom stereocenters. The first-order valence-corrected chi connectivity index (χ1v) is 9.49. The number of carbonyl (C=O) groups excluding carboxylic acids is 1. The number of thioether (sulfide) groups is 1. The number of pyridine rings is 1. The van der Waals surface area contributed by atoms with Gasteiger partial charge in [0.2, 0.25) is 0 Å². The fourth-order valence-corrected chi connectivity index (χ4v) is 2.66. The Morgan fingerprint density at radius 1 is 1.44 bits per heavy atom. The zero-order chi connectivity index (χ0) is 20.0. The van der Waals surface area contributed by atoms with Gasteiger partial charge in [0.15, 0.2) is 0 Å². The normalized spacial score (nSPS) is 11.9. The first-order chi connectivity index (χ1) is 12.8. The maximum absolute atomic E-state index is 14.2. The lowest BCUT2D eigenvalue weighted by Gasteiger charge is -2.14. The molecule has 2 aromatic rings. The van der Waals surface area contributed by atoms with E-state index in [2.05, 4.69) is 15.6 Å². The lowest BCUT2D eigenvalue weighted by Crippen LogP contribution is -2.29. The van der Waals surface area contributed by atoms with Gasteiger partial charge in [0.25, 0.3) is 11.5 Å². The Bertz CT molecular complexity index is 876. The number of halogens is 2. The first-order valence-electron chi connectivity index (χ1n) is 7.89. The van der Waals surface area contributed by atoms with Gasteiger partial charge in [0.05, 0.1) is 24.0 Å². The second kappa shape index (κ2) is 9.75. The third-order valence-corrected chi connectivity index (χ3v) is 4.38. The zero-order valence-electron chi connectivity index (χ0n) is 14.6. The van der Waals surface area contributed by atoms with E-state index in [1.807, 2.05) is 6.26 Å². The molecule has 27 heavy (non-hydrogen) atoms. The van der Waals surface area contributed by atoms with Crippen molar-refractivity contribution in [2.24, 2.45) is 0 Å². The van der Waals surface area contributed by atoms with E-state index in [9.17, 15) is 14.0 Å². The molecule has 1 aromatic heterocycles. The molecule has 0 fully saturated rings. The van der Waals surface area contributed by atoms with Gasteiger partial charge in [-0.3, -0.25) is 9.59 Å². The molecule has 0 aliphatic rings. The van der Waals surface area contributed by atoms with E-state index in [1.165, 1.54) is 30.0 Å². The van der Waals surface area contributed by atoms with Crippen molar-refractivity contribution >= 4 is 40.8 Å². The second-order valence-corrected chi connectivity index (χ2v) is 6.86. The highest BCUT2D eigenvalue weighted by molar-refractivity contribution is 7.98. The number of carbonyl (C=O) groups is 1. The zero-order valence-corrected chi connectivity index (χ0v) is 16.2. The number of hydrogen-bond acceptors (Lipinski definition) is 6. The van der Waals surface area contributed by atoms with E-state index < -0.39 is 23.4 Å². The van der Waals surface area contributed by atoms with Gasteiger partial charge >= 0.3 is 0 Å². The Hall–Kier alpha value is -2.07. The van der Waals surface area contributed by atoms with Crippen LogP contribution in [0.1, 0.15) is 17.3 Å². The summed E-state index contributed by atoms with van der Waals surface area (Å²) in [5, 5.41) is 14.1. The SMILES string of the molecule is CSc1ccc(Nc2[nH]c(=O)c(Cl)cc2C(=O)NCOCC(C)O)c(F)c1. The number of aliphatic hydroxyl groups excluding tert-OH is 1. The van der Waals surface area contributed by atoms with Gasteiger partial charge in [-0.05, 0) is 37.4 Å². The third-order valence-electron chi connectivity index (χ3n) is 3.37. The highest BCUT2D eigenvalue weighted by Crippen LogP contribution is 2.25. The minimum atomic E-state index is -0.672. The quantitative estimate of drug-likeness (QED) is 0.300. The number of aromatic nitrogens is 1. The molecule has 4 N–H and O–H groups in total. The number of rotatable bonds is 8. The molecule has 1 amide bonds. The number of nitrogens with one attached hydrogen (secondary N) is 3. The Morgan fingerprint density at radius 2 is 2.19 bits per heavy atom. The summed E-state index contributed by atoms with van der Waals surface area (Å²) in [6.45, 7) is 1.43. The summed E-state index contributed by atoms with van der Waals surface area (Å²) >= 11 is 7.20. The molecule has 1 unspecified atom stereocenters. The molecule has 0 aliphatic heterocycles. The molecule has 10 heteroatoms. The van der Waals surface area contributed by atoms with E-state index >= 15 is 0 Å². The van der Waals surface area contributed by atoms with Gasteiger partial charge in [-0.15, -0.1) is 11.8 Å². The van der Waals surface area contributed by atoms with E-state index in [1.54, 1.807) is 13.0 Å². The Balaban J connectivity index is 2.24. The Labute approximate surface area is 164 Å². The van der Waals surface area contributed by atoms with Crippen molar-refractivity contribution in [3.8, 4) is 0 Å². The Kier molecular flexibility index (Phi) is 7.66. The topological polar surface area (TPSA) is 103 Å². The molecular weight excluding hydrogens is 397 g/mol. The molecule has 0 bridgehead atoms. The van der Waals surface area contributed by atoms with Crippen LogP contribution in [0.5, 0.6) is 0 Å². The number of aliphatic hydroxyl groups is 1. The van der Waals surface area contributed by atoms with Crippen LogP contribution in [-0.2, 0) is 4.74 Å². The van der Waals surface area contributed by atoms with Crippen LogP contribution in [0.15, 0.2) is 34.0 Å². The molecule has 2 rings (SSSR count). The van der Waals surface area contributed by atoms with Crippen molar-refractivity contribution in [1.82, 2.24) is 10.3 Å². The fourth-order valence-electron chi connectivity index (χ4n) is 2.08. The third kappa shape index (κ3) is 5.96. The summed E-state index contributed by atoms with van der Waals surface area (Å²) in [6.07, 6.45) is 1.15. The molecular formula is C17H19ClFN3O4S. The van der Waals surface area contributed by atoms with Crippen LogP contribution in [0, 0.1) is 5.82 Å². The van der Waals surface area contributed by atoms with Gasteiger partial charge < -0.3 is 25.5 Å². The van der Waals surface area contributed by atoms with E-state index in [0.717, 1.165) is 4.90 Å².